The monoisotopic (exact) mass is 370 g/mol. The van der Waals surface area contributed by atoms with Crippen LogP contribution < -0.4 is 27.3 Å². The minimum absolute atomic E-state index is 0.0848. The third-order valence-corrected chi connectivity index (χ3v) is 4.82. The van der Waals surface area contributed by atoms with E-state index >= 15 is 0 Å². The van der Waals surface area contributed by atoms with Crippen LogP contribution in [0.25, 0.3) is 16.8 Å². The molecule has 0 atom stereocenters. The fourth-order valence-corrected chi connectivity index (χ4v) is 3.01. The summed E-state index contributed by atoms with van der Waals surface area (Å²) in [5.41, 5.74) is 20.1. The molecule has 1 amide bonds. The van der Waals surface area contributed by atoms with Crippen molar-refractivity contribution in [3.8, 4) is 16.9 Å². The highest BCUT2D eigenvalue weighted by Gasteiger charge is 2.22. The minimum Gasteiger partial charge on any atom is -0.496 e. The smallest absolute Gasteiger partial charge is 0.269 e. The number of para-hydroxylation sites is 1. The zero-order valence-electron chi connectivity index (χ0n) is 15.1. The Morgan fingerprint density at radius 1 is 1.19 bits per heavy atom. The van der Waals surface area contributed by atoms with Crippen molar-refractivity contribution in [2.24, 2.45) is 11.5 Å². The van der Waals surface area contributed by atoms with Gasteiger partial charge in [0, 0.05) is 28.4 Å². The van der Waals surface area contributed by atoms with Crippen LogP contribution in [0.5, 0.6) is 5.75 Å². The lowest BCUT2D eigenvalue weighted by molar-refractivity contribution is -0.118. The second kappa shape index (κ2) is 7.57. The van der Waals surface area contributed by atoms with Crippen LogP contribution >= 0.6 is 0 Å². The number of nitrogens with two attached hydrogens (primary N) is 3. The molecular weight excluding hydrogens is 347 g/mol. The van der Waals surface area contributed by atoms with Gasteiger partial charge in [-0.15, -0.1) is 0 Å². The van der Waals surface area contributed by atoms with Gasteiger partial charge in [-0.05, 0) is 37.5 Å². The van der Waals surface area contributed by atoms with Crippen LogP contribution in [-0.4, -0.2) is 19.1 Å². The van der Waals surface area contributed by atoms with E-state index in [1.54, 1.807) is 18.2 Å². The first-order valence-corrected chi connectivity index (χ1v) is 8.71. The highest BCUT2D eigenvalue weighted by molar-refractivity contribution is 6.02. The van der Waals surface area contributed by atoms with Crippen molar-refractivity contribution in [1.29, 1.82) is 0 Å². The summed E-state index contributed by atoms with van der Waals surface area (Å²) in [5.74, 6) is -0.359. The average Bonchev–Trinajstić information content (AvgIpc) is 2.63. The maximum atomic E-state index is 13.8. The summed E-state index contributed by atoms with van der Waals surface area (Å²) in [4.78, 5) is 12.3. The van der Waals surface area contributed by atoms with Crippen molar-refractivity contribution in [2.75, 3.05) is 12.8 Å². The van der Waals surface area contributed by atoms with Gasteiger partial charge in [0.2, 0.25) is 0 Å². The minimum atomic E-state index is -0.418. The molecule has 27 heavy (non-hydrogen) atoms. The molecule has 0 aliphatic heterocycles. The number of halogens is 1. The zero-order chi connectivity index (χ0) is 19.6. The molecule has 6 nitrogen and oxygen atoms in total. The number of anilines is 1. The SMILES string of the molecule is COc1ccc(F)cc1-c1cccc(/C(N)=C(\N)C(=O)NC2CCC2)c1N. The molecule has 0 bridgehead atoms. The Labute approximate surface area is 157 Å². The number of hydrogen-bond donors (Lipinski definition) is 4. The normalized spacial score (nSPS) is 14.9. The number of rotatable bonds is 5. The second-order valence-electron chi connectivity index (χ2n) is 6.54. The molecule has 1 aliphatic rings. The van der Waals surface area contributed by atoms with Gasteiger partial charge in [0.05, 0.1) is 12.8 Å². The Hall–Kier alpha value is -3.22. The molecule has 7 heteroatoms. The first kappa shape index (κ1) is 18.6. The Kier molecular flexibility index (Phi) is 5.21. The quantitative estimate of drug-likeness (QED) is 0.476. The van der Waals surface area contributed by atoms with Crippen LogP contribution in [0.4, 0.5) is 10.1 Å². The van der Waals surface area contributed by atoms with Gasteiger partial charge in [0.1, 0.15) is 17.3 Å². The van der Waals surface area contributed by atoms with Crippen LogP contribution in [0.1, 0.15) is 24.8 Å². The predicted molar refractivity (Wildman–Crippen MR) is 104 cm³/mol. The fraction of sp³-hybridized carbons (Fsp3) is 0.250. The van der Waals surface area contributed by atoms with E-state index in [0.29, 0.717) is 28.1 Å². The van der Waals surface area contributed by atoms with Crippen LogP contribution in [0.2, 0.25) is 0 Å². The van der Waals surface area contributed by atoms with Crippen molar-refractivity contribution < 1.29 is 13.9 Å². The van der Waals surface area contributed by atoms with Gasteiger partial charge in [0.15, 0.2) is 0 Å². The fourth-order valence-electron chi connectivity index (χ4n) is 3.01. The van der Waals surface area contributed by atoms with Gasteiger partial charge in [-0.3, -0.25) is 4.79 Å². The van der Waals surface area contributed by atoms with Gasteiger partial charge in [-0.1, -0.05) is 18.2 Å². The molecule has 1 fully saturated rings. The molecule has 7 N–H and O–H groups in total. The molecule has 2 aromatic rings. The first-order valence-electron chi connectivity index (χ1n) is 8.71. The summed E-state index contributed by atoms with van der Waals surface area (Å²) in [5, 5.41) is 2.85. The standard InChI is InChI=1S/C20H23FN4O2/c1-27-16-9-8-11(21)10-15(16)13-6-3-7-14(17(13)22)18(23)19(24)20(26)25-12-4-2-5-12/h3,6-10,12H,2,4-5,22-24H2,1H3,(H,25,26)/b19-18+. The van der Waals surface area contributed by atoms with Gasteiger partial charge < -0.3 is 27.3 Å². The Balaban J connectivity index is 2.01. The van der Waals surface area contributed by atoms with Crippen LogP contribution in [0.3, 0.4) is 0 Å². The van der Waals surface area contributed by atoms with Gasteiger partial charge in [-0.25, -0.2) is 4.39 Å². The maximum Gasteiger partial charge on any atom is 0.269 e. The van der Waals surface area contributed by atoms with Crippen molar-refractivity contribution in [2.45, 2.75) is 25.3 Å². The van der Waals surface area contributed by atoms with Crippen molar-refractivity contribution in [3.05, 3.63) is 53.5 Å². The molecular formula is C20H23FN4O2. The first-order chi connectivity index (χ1) is 12.9. The third kappa shape index (κ3) is 3.67. The molecule has 0 saturated heterocycles. The molecule has 0 spiro atoms. The van der Waals surface area contributed by atoms with Crippen molar-refractivity contribution in [1.82, 2.24) is 5.32 Å². The third-order valence-electron chi connectivity index (χ3n) is 4.82. The number of hydrogen-bond acceptors (Lipinski definition) is 5. The highest BCUT2D eigenvalue weighted by atomic mass is 19.1. The molecule has 0 heterocycles. The lowest BCUT2D eigenvalue weighted by atomic mass is 9.93. The average molecular weight is 370 g/mol. The molecule has 0 unspecified atom stereocenters. The van der Waals surface area contributed by atoms with E-state index in [0.717, 1.165) is 19.3 Å². The number of amides is 1. The molecule has 1 aliphatic carbocycles. The van der Waals surface area contributed by atoms with E-state index in [1.807, 2.05) is 0 Å². The topological polar surface area (TPSA) is 116 Å². The van der Waals surface area contributed by atoms with E-state index in [2.05, 4.69) is 5.32 Å². The molecule has 3 rings (SSSR count). The molecule has 0 aromatic heterocycles. The van der Waals surface area contributed by atoms with E-state index < -0.39 is 11.7 Å². The molecule has 2 aromatic carbocycles. The van der Waals surface area contributed by atoms with Crippen LogP contribution in [-0.2, 0) is 4.79 Å². The van der Waals surface area contributed by atoms with Gasteiger partial charge >= 0.3 is 0 Å². The predicted octanol–water partition coefficient (Wildman–Crippen LogP) is 2.34. The number of carbonyl (C=O) groups excluding carboxylic acids is 1. The summed E-state index contributed by atoms with van der Waals surface area (Å²) in [6, 6.07) is 9.42. The van der Waals surface area contributed by atoms with Crippen molar-refractivity contribution >= 4 is 17.3 Å². The van der Waals surface area contributed by atoms with E-state index in [1.165, 1.54) is 25.3 Å². The Morgan fingerprint density at radius 3 is 2.56 bits per heavy atom. The van der Waals surface area contributed by atoms with Gasteiger partial charge in [-0.2, -0.15) is 0 Å². The number of ether oxygens (including phenoxy) is 1. The number of nitrogens with one attached hydrogen (secondary N) is 1. The van der Waals surface area contributed by atoms with Crippen LogP contribution in [0, 0.1) is 5.82 Å². The summed E-state index contributed by atoms with van der Waals surface area (Å²) in [6.07, 6.45) is 2.97. The number of benzene rings is 2. The van der Waals surface area contributed by atoms with Crippen molar-refractivity contribution in [3.63, 3.8) is 0 Å². The summed E-state index contributed by atoms with van der Waals surface area (Å²) < 4.78 is 19.1. The van der Waals surface area contributed by atoms with E-state index in [9.17, 15) is 9.18 Å². The molecule has 142 valence electrons. The zero-order valence-corrected chi connectivity index (χ0v) is 15.1. The van der Waals surface area contributed by atoms with Gasteiger partial charge in [0.25, 0.3) is 5.91 Å². The number of nitrogen functional groups attached to an aromatic ring is 1. The lowest BCUT2D eigenvalue weighted by Crippen LogP contribution is -2.42. The second-order valence-corrected chi connectivity index (χ2v) is 6.54. The molecule has 1 saturated carbocycles. The van der Waals surface area contributed by atoms with E-state index in [-0.39, 0.29) is 17.4 Å². The van der Waals surface area contributed by atoms with E-state index in [4.69, 9.17) is 21.9 Å². The highest BCUT2D eigenvalue weighted by Crippen LogP contribution is 2.37. The maximum absolute atomic E-state index is 13.8. The number of carbonyl (C=O) groups is 1. The van der Waals surface area contributed by atoms with Crippen LogP contribution in [0.15, 0.2) is 42.1 Å². The summed E-state index contributed by atoms with van der Waals surface area (Å²) in [6.45, 7) is 0. The Morgan fingerprint density at radius 2 is 1.93 bits per heavy atom. The molecule has 0 radical (unpaired) electrons. The summed E-state index contributed by atoms with van der Waals surface area (Å²) in [7, 11) is 1.49. The largest absolute Gasteiger partial charge is 0.496 e. The summed E-state index contributed by atoms with van der Waals surface area (Å²) >= 11 is 0. The Bertz CT molecular complexity index is 907. The number of methoxy groups -OCH3 is 1. The lowest BCUT2D eigenvalue weighted by Gasteiger charge is -2.26.